The standard InChI is InChI=1S/C18H18N4O2/c1-12-7-9-14(10-8-12)17-21-16(24-22-17)11-19-18(23)20-15-6-4-3-5-13(15)2/h3-10H,11H2,1-2H3,(H2,19,20,23). The molecule has 1 aromatic heterocycles. The molecule has 1 heterocycles. The van der Waals surface area contributed by atoms with E-state index in [9.17, 15) is 4.79 Å². The summed E-state index contributed by atoms with van der Waals surface area (Å²) >= 11 is 0. The van der Waals surface area contributed by atoms with E-state index in [1.807, 2.05) is 62.4 Å². The lowest BCUT2D eigenvalue weighted by atomic mass is 10.1. The van der Waals surface area contributed by atoms with E-state index in [2.05, 4.69) is 20.8 Å². The van der Waals surface area contributed by atoms with Crippen LogP contribution < -0.4 is 10.6 Å². The SMILES string of the molecule is Cc1ccc(-c2noc(CNC(=O)Nc3ccccc3C)n2)cc1. The van der Waals surface area contributed by atoms with Gasteiger partial charge >= 0.3 is 6.03 Å². The zero-order valence-electron chi connectivity index (χ0n) is 13.5. The Morgan fingerprint density at radius 3 is 2.58 bits per heavy atom. The van der Waals surface area contributed by atoms with Crippen LogP contribution in [0.1, 0.15) is 17.0 Å². The number of aryl methyl sites for hydroxylation is 2. The van der Waals surface area contributed by atoms with Crippen molar-refractivity contribution >= 4 is 11.7 Å². The summed E-state index contributed by atoms with van der Waals surface area (Å²) in [5.74, 6) is 0.858. The number of nitrogens with zero attached hydrogens (tertiary/aromatic N) is 2. The van der Waals surface area contributed by atoms with Crippen LogP contribution in [0.15, 0.2) is 53.1 Å². The number of amides is 2. The zero-order valence-corrected chi connectivity index (χ0v) is 13.5. The monoisotopic (exact) mass is 322 g/mol. The van der Waals surface area contributed by atoms with Gasteiger partial charge in [0.1, 0.15) is 0 Å². The van der Waals surface area contributed by atoms with Crippen molar-refractivity contribution < 1.29 is 9.32 Å². The maximum absolute atomic E-state index is 11.9. The fourth-order valence-corrected chi connectivity index (χ4v) is 2.18. The van der Waals surface area contributed by atoms with Gasteiger partial charge in [-0.3, -0.25) is 0 Å². The van der Waals surface area contributed by atoms with Gasteiger partial charge in [0.2, 0.25) is 11.7 Å². The first kappa shape index (κ1) is 15.7. The minimum Gasteiger partial charge on any atom is -0.337 e. The molecule has 2 amide bonds. The summed E-state index contributed by atoms with van der Waals surface area (Å²) < 4.78 is 5.17. The Kier molecular flexibility index (Phi) is 4.56. The number of urea groups is 1. The Bertz CT molecular complexity index is 840. The summed E-state index contributed by atoms with van der Waals surface area (Å²) in [4.78, 5) is 16.2. The number of rotatable bonds is 4. The molecule has 0 radical (unpaired) electrons. The third-order valence-electron chi connectivity index (χ3n) is 3.57. The average molecular weight is 322 g/mol. The molecule has 2 N–H and O–H groups in total. The zero-order chi connectivity index (χ0) is 16.9. The molecule has 2 aromatic carbocycles. The highest BCUT2D eigenvalue weighted by atomic mass is 16.5. The molecular weight excluding hydrogens is 304 g/mol. The highest BCUT2D eigenvalue weighted by molar-refractivity contribution is 5.89. The Labute approximate surface area is 139 Å². The maximum Gasteiger partial charge on any atom is 0.319 e. The lowest BCUT2D eigenvalue weighted by Gasteiger charge is -2.08. The number of para-hydroxylation sites is 1. The highest BCUT2D eigenvalue weighted by Crippen LogP contribution is 2.16. The van der Waals surface area contributed by atoms with Gasteiger partial charge in [0, 0.05) is 11.3 Å². The van der Waals surface area contributed by atoms with Crippen molar-refractivity contribution in [2.45, 2.75) is 20.4 Å². The number of hydrogen-bond donors (Lipinski definition) is 2. The van der Waals surface area contributed by atoms with E-state index in [0.29, 0.717) is 11.7 Å². The second-order valence-electron chi connectivity index (χ2n) is 5.50. The van der Waals surface area contributed by atoms with Crippen LogP contribution in [0.25, 0.3) is 11.4 Å². The highest BCUT2D eigenvalue weighted by Gasteiger charge is 2.10. The third-order valence-corrected chi connectivity index (χ3v) is 3.57. The molecule has 0 fully saturated rings. The fraction of sp³-hybridized carbons (Fsp3) is 0.167. The molecule has 24 heavy (non-hydrogen) atoms. The summed E-state index contributed by atoms with van der Waals surface area (Å²) in [5, 5.41) is 9.42. The molecule has 0 aliphatic rings. The minimum atomic E-state index is -0.320. The first-order chi connectivity index (χ1) is 11.6. The molecule has 6 heteroatoms. The molecule has 3 rings (SSSR count). The van der Waals surface area contributed by atoms with Crippen molar-refractivity contribution in [1.29, 1.82) is 0 Å². The van der Waals surface area contributed by atoms with Gasteiger partial charge in [-0.2, -0.15) is 4.98 Å². The maximum atomic E-state index is 11.9. The molecule has 0 saturated carbocycles. The average Bonchev–Trinajstić information content (AvgIpc) is 3.05. The van der Waals surface area contributed by atoms with Crippen LogP contribution in [0.5, 0.6) is 0 Å². The van der Waals surface area contributed by atoms with E-state index in [0.717, 1.165) is 22.4 Å². The lowest BCUT2D eigenvalue weighted by Crippen LogP contribution is -2.28. The molecule has 0 bridgehead atoms. The minimum absolute atomic E-state index is 0.163. The second kappa shape index (κ2) is 6.95. The van der Waals surface area contributed by atoms with E-state index in [-0.39, 0.29) is 12.6 Å². The molecule has 6 nitrogen and oxygen atoms in total. The van der Waals surface area contributed by atoms with Crippen molar-refractivity contribution in [1.82, 2.24) is 15.5 Å². The summed E-state index contributed by atoms with van der Waals surface area (Å²) in [6.07, 6.45) is 0. The predicted octanol–water partition coefficient (Wildman–Crippen LogP) is 3.68. The third kappa shape index (κ3) is 3.78. The van der Waals surface area contributed by atoms with E-state index >= 15 is 0 Å². The number of anilines is 1. The number of nitrogens with one attached hydrogen (secondary N) is 2. The number of benzene rings is 2. The molecule has 0 spiro atoms. The van der Waals surface area contributed by atoms with Crippen molar-refractivity contribution in [2.24, 2.45) is 0 Å². The molecule has 0 saturated heterocycles. The Balaban J connectivity index is 1.58. The first-order valence-electron chi connectivity index (χ1n) is 7.62. The largest absolute Gasteiger partial charge is 0.337 e. The van der Waals surface area contributed by atoms with Gasteiger partial charge in [-0.15, -0.1) is 0 Å². The van der Waals surface area contributed by atoms with Crippen molar-refractivity contribution in [2.75, 3.05) is 5.32 Å². The van der Waals surface area contributed by atoms with Gasteiger partial charge in [0.15, 0.2) is 0 Å². The van der Waals surface area contributed by atoms with Crippen LogP contribution in [0, 0.1) is 13.8 Å². The van der Waals surface area contributed by atoms with Crippen LogP contribution in [0.2, 0.25) is 0 Å². The normalized spacial score (nSPS) is 10.4. The second-order valence-corrected chi connectivity index (χ2v) is 5.50. The molecular formula is C18H18N4O2. The predicted molar refractivity (Wildman–Crippen MR) is 91.5 cm³/mol. The van der Waals surface area contributed by atoms with E-state index in [4.69, 9.17) is 4.52 Å². The first-order valence-corrected chi connectivity index (χ1v) is 7.62. The van der Waals surface area contributed by atoms with Crippen molar-refractivity contribution in [3.63, 3.8) is 0 Å². The Morgan fingerprint density at radius 1 is 1.08 bits per heavy atom. The van der Waals surface area contributed by atoms with Gasteiger partial charge in [-0.1, -0.05) is 53.2 Å². The van der Waals surface area contributed by atoms with E-state index < -0.39 is 0 Å². The van der Waals surface area contributed by atoms with Crippen LogP contribution in [-0.2, 0) is 6.54 Å². The summed E-state index contributed by atoms with van der Waals surface area (Å²) in [6, 6.07) is 15.1. The molecule has 3 aromatic rings. The molecule has 0 unspecified atom stereocenters. The summed E-state index contributed by atoms with van der Waals surface area (Å²) in [7, 11) is 0. The van der Waals surface area contributed by atoms with Gasteiger partial charge < -0.3 is 15.2 Å². The Hall–Kier alpha value is -3.15. The van der Waals surface area contributed by atoms with Crippen LogP contribution >= 0.6 is 0 Å². The molecule has 0 aliphatic heterocycles. The number of hydrogen-bond acceptors (Lipinski definition) is 4. The van der Waals surface area contributed by atoms with Gasteiger partial charge in [0.25, 0.3) is 0 Å². The summed E-state index contributed by atoms with van der Waals surface area (Å²) in [6.45, 7) is 4.11. The van der Waals surface area contributed by atoms with E-state index in [1.54, 1.807) is 0 Å². The van der Waals surface area contributed by atoms with Crippen LogP contribution in [0.3, 0.4) is 0 Å². The molecule has 0 aliphatic carbocycles. The number of aromatic nitrogens is 2. The smallest absolute Gasteiger partial charge is 0.319 e. The molecule has 0 atom stereocenters. The fourth-order valence-electron chi connectivity index (χ4n) is 2.18. The molecule has 122 valence electrons. The topological polar surface area (TPSA) is 80.0 Å². The number of carbonyl (C=O) groups is 1. The van der Waals surface area contributed by atoms with Gasteiger partial charge in [0.05, 0.1) is 6.54 Å². The quantitative estimate of drug-likeness (QED) is 0.768. The number of carbonyl (C=O) groups excluding carboxylic acids is 1. The van der Waals surface area contributed by atoms with Crippen LogP contribution in [0.4, 0.5) is 10.5 Å². The summed E-state index contributed by atoms with van der Waals surface area (Å²) in [5.41, 5.74) is 3.80. The van der Waals surface area contributed by atoms with Crippen molar-refractivity contribution in [3.05, 3.63) is 65.5 Å². The van der Waals surface area contributed by atoms with Gasteiger partial charge in [-0.25, -0.2) is 4.79 Å². The van der Waals surface area contributed by atoms with Crippen LogP contribution in [-0.4, -0.2) is 16.2 Å². The Morgan fingerprint density at radius 2 is 1.83 bits per heavy atom. The van der Waals surface area contributed by atoms with E-state index in [1.165, 1.54) is 0 Å². The lowest BCUT2D eigenvalue weighted by molar-refractivity contribution is 0.249. The van der Waals surface area contributed by atoms with Crippen molar-refractivity contribution in [3.8, 4) is 11.4 Å². The van der Waals surface area contributed by atoms with Gasteiger partial charge in [-0.05, 0) is 25.5 Å².